The van der Waals surface area contributed by atoms with E-state index in [0.29, 0.717) is 5.92 Å². The molecule has 1 aromatic carbocycles. The van der Waals surface area contributed by atoms with Crippen molar-refractivity contribution < 1.29 is 4.79 Å². The molecule has 1 N–H and O–H groups in total. The summed E-state index contributed by atoms with van der Waals surface area (Å²) in [5.41, 5.74) is 1.23. The van der Waals surface area contributed by atoms with Gasteiger partial charge in [0.15, 0.2) is 0 Å². The topological polar surface area (TPSA) is 58.1 Å². The lowest BCUT2D eigenvalue weighted by molar-refractivity contribution is -0.125. The summed E-state index contributed by atoms with van der Waals surface area (Å²) in [5.74, 6) is 1.71. The summed E-state index contributed by atoms with van der Waals surface area (Å²) in [4.78, 5) is 19.2. The minimum Gasteiger partial charge on any atom is -0.356 e. The molecule has 1 aliphatic rings. The van der Waals surface area contributed by atoms with Crippen molar-refractivity contribution in [2.24, 2.45) is 11.8 Å². The third kappa shape index (κ3) is 5.01. The fourth-order valence-corrected chi connectivity index (χ4v) is 3.74. The first-order valence-electron chi connectivity index (χ1n) is 9.01. The van der Waals surface area contributed by atoms with Crippen LogP contribution in [-0.4, -0.2) is 34.9 Å². The highest BCUT2D eigenvalue weighted by Crippen LogP contribution is 2.25. The van der Waals surface area contributed by atoms with Crippen molar-refractivity contribution in [3.8, 4) is 0 Å². The lowest BCUT2D eigenvalue weighted by Gasteiger charge is -2.30. The van der Waals surface area contributed by atoms with Gasteiger partial charge in [-0.2, -0.15) is 4.37 Å². The Bertz CT molecular complexity index is 678. The van der Waals surface area contributed by atoms with Crippen molar-refractivity contribution in [3.63, 3.8) is 0 Å². The molecule has 0 atom stereocenters. The summed E-state index contributed by atoms with van der Waals surface area (Å²) in [7, 11) is 0. The molecule has 3 rings (SSSR count). The predicted octanol–water partition coefficient (Wildman–Crippen LogP) is 3.12. The van der Waals surface area contributed by atoms with Crippen LogP contribution in [0.5, 0.6) is 0 Å². The predicted molar refractivity (Wildman–Crippen MR) is 102 cm³/mol. The molecule has 25 heavy (non-hydrogen) atoms. The van der Waals surface area contributed by atoms with Gasteiger partial charge in [-0.3, -0.25) is 4.79 Å². The van der Waals surface area contributed by atoms with Gasteiger partial charge in [0.1, 0.15) is 5.82 Å². The number of carbonyl (C=O) groups excluding carboxylic acids is 1. The molecule has 5 nitrogen and oxygen atoms in total. The second-order valence-corrected chi connectivity index (χ2v) is 7.79. The molecule has 0 unspecified atom stereocenters. The summed E-state index contributed by atoms with van der Waals surface area (Å²) >= 11 is 1.46. The molecule has 2 heterocycles. The van der Waals surface area contributed by atoms with Crippen LogP contribution < -0.4 is 10.2 Å². The normalized spacial score (nSPS) is 15.6. The quantitative estimate of drug-likeness (QED) is 0.862. The standard InChI is InChI=1S/C19H26N4OS/c1-14(2)13-20-18(24)16-8-10-23(11-9-16)19-21-17(22-25-19)12-15-6-4-3-5-7-15/h3-7,14,16H,8-13H2,1-2H3,(H,20,24). The molecule has 0 radical (unpaired) electrons. The number of hydrogen-bond acceptors (Lipinski definition) is 5. The van der Waals surface area contributed by atoms with Crippen LogP contribution >= 0.6 is 11.5 Å². The Morgan fingerprint density at radius 1 is 1.28 bits per heavy atom. The number of benzene rings is 1. The molecule has 134 valence electrons. The van der Waals surface area contributed by atoms with Gasteiger partial charge in [0.2, 0.25) is 11.0 Å². The van der Waals surface area contributed by atoms with E-state index in [-0.39, 0.29) is 11.8 Å². The van der Waals surface area contributed by atoms with E-state index in [9.17, 15) is 4.79 Å². The van der Waals surface area contributed by atoms with Crippen LogP contribution in [-0.2, 0) is 11.2 Å². The SMILES string of the molecule is CC(C)CNC(=O)C1CCN(c2nc(Cc3ccccc3)ns2)CC1. The van der Waals surface area contributed by atoms with Crippen LogP contribution in [0, 0.1) is 11.8 Å². The molecule has 0 spiro atoms. The van der Waals surface area contributed by atoms with Gasteiger partial charge in [-0.1, -0.05) is 44.2 Å². The first kappa shape index (κ1) is 17.9. The van der Waals surface area contributed by atoms with Gasteiger partial charge in [-0.05, 0) is 24.3 Å². The van der Waals surface area contributed by atoms with Crippen LogP contribution in [0.3, 0.4) is 0 Å². The molecule has 0 aliphatic carbocycles. The second-order valence-electron chi connectivity index (χ2n) is 7.06. The van der Waals surface area contributed by atoms with Crippen LogP contribution in [0.25, 0.3) is 0 Å². The van der Waals surface area contributed by atoms with Crippen LogP contribution in [0.2, 0.25) is 0 Å². The summed E-state index contributed by atoms with van der Waals surface area (Å²) < 4.78 is 4.50. The van der Waals surface area contributed by atoms with Crippen molar-refractivity contribution in [3.05, 3.63) is 41.7 Å². The molecule has 1 aromatic heterocycles. The number of rotatable bonds is 6. The van der Waals surface area contributed by atoms with E-state index in [0.717, 1.165) is 49.9 Å². The van der Waals surface area contributed by atoms with Crippen molar-refractivity contribution in [1.82, 2.24) is 14.7 Å². The minimum atomic E-state index is 0.131. The summed E-state index contributed by atoms with van der Waals surface area (Å²) in [6, 6.07) is 10.3. The maximum atomic E-state index is 12.2. The Morgan fingerprint density at radius 2 is 2.00 bits per heavy atom. The monoisotopic (exact) mass is 358 g/mol. The van der Waals surface area contributed by atoms with E-state index in [4.69, 9.17) is 4.98 Å². The molecule has 6 heteroatoms. The second kappa shape index (κ2) is 8.43. The number of carbonyl (C=O) groups is 1. The Balaban J connectivity index is 1.51. The van der Waals surface area contributed by atoms with E-state index >= 15 is 0 Å². The van der Waals surface area contributed by atoms with E-state index in [1.165, 1.54) is 17.1 Å². The zero-order valence-electron chi connectivity index (χ0n) is 14.9. The average molecular weight is 359 g/mol. The van der Waals surface area contributed by atoms with Gasteiger partial charge in [0.25, 0.3) is 0 Å². The number of amides is 1. The van der Waals surface area contributed by atoms with Gasteiger partial charge in [0, 0.05) is 43.5 Å². The number of hydrogen-bond donors (Lipinski definition) is 1. The van der Waals surface area contributed by atoms with Gasteiger partial charge in [-0.15, -0.1) is 0 Å². The fourth-order valence-electron chi connectivity index (χ4n) is 3.01. The highest BCUT2D eigenvalue weighted by Gasteiger charge is 2.26. The zero-order valence-corrected chi connectivity index (χ0v) is 15.8. The average Bonchev–Trinajstić information content (AvgIpc) is 3.09. The Kier molecular flexibility index (Phi) is 6.02. The van der Waals surface area contributed by atoms with E-state index in [2.05, 4.69) is 40.6 Å². The fraction of sp³-hybridized carbons (Fsp3) is 0.526. The van der Waals surface area contributed by atoms with Crippen molar-refractivity contribution in [1.29, 1.82) is 0 Å². The lowest BCUT2D eigenvalue weighted by Crippen LogP contribution is -2.41. The number of piperidine rings is 1. The first-order valence-corrected chi connectivity index (χ1v) is 9.78. The molecule has 1 aliphatic heterocycles. The Labute approximate surface area is 153 Å². The molecule has 1 saturated heterocycles. The molecular formula is C19H26N4OS. The van der Waals surface area contributed by atoms with E-state index < -0.39 is 0 Å². The smallest absolute Gasteiger partial charge is 0.223 e. The number of nitrogens with one attached hydrogen (secondary N) is 1. The first-order chi connectivity index (χ1) is 12.1. The zero-order chi connectivity index (χ0) is 17.6. The summed E-state index contributed by atoms with van der Waals surface area (Å²) in [6.07, 6.45) is 2.54. The molecule has 1 amide bonds. The molecule has 1 fully saturated rings. The molecule has 2 aromatic rings. The van der Waals surface area contributed by atoms with Gasteiger partial charge in [-0.25, -0.2) is 4.98 Å². The number of anilines is 1. The largest absolute Gasteiger partial charge is 0.356 e. The van der Waals surface area contributed by atoms with Crippen LogP contribution in [0.4, 0.5) is 5.13 Å². The highest BCUT2D eigenvalue weighted by atomic mass is 32.1. The number of aromatic nitrogens is 2. The lowest BCUT2D eigenvalue weighted by atomic mass is 9.96. The van der Waals surface area contributed by atoms with Gasteiger partial charge in [0.05, 0.1) is 0 Å². The Morgan fingerprint density at radius 3 is 2.68 bits per heavy atom. The number of nitrogens with zero attached hydrogens (tertiary/aromatic N) is 3. The van der Waals surface area contributed by atoms with Gasteiger partial charge >= 0.3 is 0 Å². The molecule has 0 saturated carbocycles. The molecule has 0 bridgehead atoms. The van der Waals surface area contributed by atoms with Crippen molar-refractivity contribution in [2.75, 3.05) is 24.5 Å². The van der Waals surface area contributed by atoms with Crippen LogP contribution in [0.1, 0.15) is 38.1 Å². The van der Waals surface area contributed by atoms with E-state index in [1.807, 2.05) is 18.2 Å². The van der Waals surface area contributed by atoms with Crippen molar-refractivity contribution >= 4 is 22.6 Å². The third-order valence-corrected chi connectivity index (χ3v) is 5.30. The minimum absolute atomic E-state index is 0.131. The summed E-state index contributed by atoms with van der Waals surface area (Å²) in [6.45, 7) is 6.74. The van der Waals surface area contributed by atoms with Gasteiger partial charge < -0.3 is 10.2 Å². The third-order valence-electron chi connectivity index (χ3n) is 4.48. The maximum absolute atomic E-state index is 12.2. The molecular weight excluding hydrogens is 332 g/mol. The highest BCUT2D eigenvalue weighted by molar-refractivity contribution is 7.09. The maximum Gasteiger partial charge on any atom is 0.223 e. The van der Waals surface area contributed by atoms with Crippen molar-refractivity contribution in [2.45, 2.75) is 33.1 Å². The van der Waals surface area contributed by atoms with Crippen LogP contribution in [0.15, 0.2) is 30.3 Å². The summed E-state index contributed by atoms with van der Waals surface area (Å²) in [5, 5.41) is 4.03. The Hall–Kier alpha value is -1.95. The van der Waals surface area contributed by atoms with E-state index in [1.54, 1.807) is 0 Å².